The zero-order valence-corrected chi connectivity index (χ0v) is 11.4. The molecule has 0 atom stereocenters. The highest BCUT2D eigenvalue weighted by Crippen LogP contribution is 2.37. The molecule has 1 heterocycles. The van der Waals surface area contributed by atoms with Crippen LogP contribution in [0, 0.1) is 13.8 Å². The van der Waals surface area contributed by atoms with E-state index in [9.17, 15) is 9.90 Å². The molecule has 5 nitrogen and oxygen atoms in total. The van der Waals surface area contributed by atoms with Gasteiger partial charge in [0, 0.05) is 22.7 Å². The fourth-order valence-corrected chi connectivity index (χ4v) is 2.39. The second-order valence-electron chi connectivity index (χ2n) is 4.41. The predicted molar refractivity (Wildman–Crippen MR) is 69.5 cm³/mol. The normalized spacial score (nSPS) is 10.7. The number of fused-ring (bicyclic) bond motifs is 1. The van der Waals surface area contributed by atoms with Gasteiger partial charge in [-0.25, -0.2) is 0 Å². The first-order valence-electron chi connectivity index (χ1n) is 5.90. The first kappa shape index (κ1) is 13.3. The van der Waals surface area contributed by atoms with Gasteiger partial charge in [0.25, 0.3) is 0 Å². The zero-order valence-electron chi connectivity index (χ0n) is 11.4. The van der Waals surface area contributed by atoms with E-state index in [4.69, 9.17) is 9.47 Å². The second-order valence-corrected chi connectivity index (χ2v) is 4.41. The number of carboxylic acids is 1. The summed E-state index contributed by atoms with van der Waals surface area (Å²) in [7, 11) is 3.17. The van der Waals surface area contributed by atoms with Crippen LogP contribution in [0.2, 0.25) is 0 Å². The molecule has 1 aromatic carbocycles. The number of aliphatic carboxylic acids is 1. The van der Waals surface area contributed by atoms with Crippen LogP contribution in [0.4, 0.5) is 0 Å². The lowest BCUT2D eigenvalue weighted by Crippen LogP contribution is -2.27. The van der Waals surface area contributed by atoms with Crippen LogP contribution in [-0.2, 0) is 11.3 Å². The van der Waals surface area contributed by atoms with E-state index >= 15 is 0 Å². The first-order valence-corrected chi connectivity index (χ1v) is 5.90. The SMILES string of the molecule is COc1cc2c(cc(C)n2CC(=O)[O-])c(OC)c1C. The average molecular weight is 262 g/mol. The van der Waals surface area contributed by atoms with E-state index in [0.717, 1.165) is 22.2 Å². The van der Waals surface area contributed by atoms with Crippen molar-refractivity contribution >= 4 is 16.9 Å². The molecule has 0 N–H and O–H groups in total. The van der Waals surface area contributed by atoms with Crippen LogP contribution in [0.3, 0.4) is 0 Å². The number of carboxylic acid groups (broad SMARTS) is 1. The van der Waals surface area contributed by atoms with Gasteiger partial charge < -0.3 is 23.9 Å². The van der Waals surface area contributed by atoms with Gasteiger partial charge in [0.1, 0.15) is 11.5 Å². The third-order valence-corrected chi connectivity index (χ3v) is 3.28. The van der Waals surface area contributed by atoms with Crippen molar-refractivity contribution in [3.63, 3.8) is 0 Å². The molecule has 0 bridgehead atoms. The highest BCUT2D eigenvalue weighted by molar-refractivity contribution is 5.91. The maximum absolute atomic E-state index is 10.8. The van der Waals surface area contributed by atoms with Gasteiger partial charge in [-0.15, -0.1) is 0 Å². The molecule has 2 aromatic rings. The smallest absolute Gasteiger partial charge is 0.134 e. The molecular formula is C14H16NO4-. The molecule has 2 rings (SSSR count). The number of hydrogen-bond acceptors (Lipinski definition) is 4. The van der Waals surface area contributed by atoms with E-state index in [1.54, 1.807) is 18.8 Å². The number of aromatic nitrogens is 1. The van der Waals surface area contributed by atoms with Gasteiger partial charge in [-0.05, 0) is 19.9 Å². The number of aryl methyl sites for hydroxylation is 1. The van der Waals surface area contributed by atoms with Crippen LogP contribution in [-0.4, -0.2) is 24.8 Å². The van der Waals surface area contributed by atoms with Crippen molar-refractivity contribution in [2.45, 2.75) is 20.4 Å². The molecule has 0 saturated carbocycles. The van der Waals surface area contributed by atoms with E-state index in [2.05, 4.69) is 0 Å². The fourth-order valence-electron chi connectivity index (χ4n) is 2.39. The Morgan fingerprint density at radius 3 is 2.47 bits per heavy atom. The van der Waals surface area contributed by atoms with Crippen molar-refractivity contribution in [1.82, 2.24) is 4.57 Å². The van der Waals surface area contributed by atoms with Crippen LogP contribution in [0.1, 0.15) is 11.3 Å². The van der Waals surface area contributed by atoms with Crippen LogP contribution in [0.5, 0.6) is 11.5 Å². The zero-order chi connectivity index (χ0) is 14.2. The maximum Gasteiger partial charge on any atom is 0.134 e. The lowest BCUT2D eigenvalue weighted by molar-refractivity contribution is -0.306. The molecule has 19 heavy (non-hydrogen) atoms. The van der Waals surface area contributed by atoms with Gasteiger partial charge in [0.2, 0.25) is 0 Å². The van der Waals surface area contributed by atoms with Crippen molar-refractivity contribution in [3.8, 4) is 11.5 Å². The Morgan fingerprint density at radius 1 is 1.26 bits per heavy atom. The predicted octanol–water partition coefficient (Wildman–Crippen LogP) is 1.03. The van der Waals surface area contributed by atoms with Crippen LogP contribution < -0.4 is 14.6 Å². The summed E-state index contributed by atoms with van der Waals surface area (Å²) in [6, 6.07) is 3.73. The van der Waals surface area contributed by atoms with Crippen molar-refractivity contribution in [2.24, 2.45) is 0 Å². The Hall–Kier alpha value is -2.17. The summed E-state index contributed by atoms with van der Waals surface area (Å²) < 4.78 is 12.4. The van der Waals surface area contributed by atoms with Gasteiger partial charge in [-0.2, -0.15) is 0 Å². The standard InChI is InChI=1S/C14H17NO4/c1-8-5-10-11(15(8)7-13(16)17)6-12(18-3)9(2)14(10)19-4/h5-6H,7H2,1-4H3,(H,16,17)/p-1. The second kappa shape index (κ2) is 4.84. The van der Waals surface area contributed by atoms with E-state index in [1.165, 1.54) is 0 Å². The molecule has 102 valence electrons. The van der Waals surface area contributed by atoms with E-state index in [1.807, 2.05) is 26.0 Å². The lowest BCUT2D eigenvalue weighted by atomic mass is 10.1. The topological polar surface area (TPSA) is 63.5 Å². The molecule has 0 aliphatic rings. The molecule has 0 spiro atoms. The lowest BCUT2D eigenvalue weighted by Gasteiger charge is -2.13. The number of carbonyl (C=O) groups excluding carboxylic acids is 1. The summed E-state index contributed by atoms with van der Waals surface area (Å²) in [6.07, 6.45) is 0. The minimum Gasteiger partial charge on any atom is -0.548 e. The molecule has 0 aliphatic carbocycles. The number of methoxy groups -OCH3 is 2. The van der Waals surface area contributed by atoms with Crippen LogP contribution in [0.15, 0.2) is 12.1 Å². The van der Waals surface area contributed by atoms with Crippen molar-refractivity contribution in [3.05, 3.63) is 23.4 Å². The number of hydrogen-bond donors (Lipinski definition) is 0. The summed E-state index contributed by atoms with van der Waals surface area (Å²) in [6.45, 7) is 3.57. The molecular weight excluding hydrogens is 246 g/mol. The molecule has 0 amide bonds. The number of carbonyl (C=O) groups is 1. The summed E-state index contributed by atoms with van der Waals surface area (Å²) in [5, 5.41) is 11.7. The molecule has 0 radical (unpaired) electrons. The fraction of sp³-hybridized carbons (Fsp3) is 0.357. The average Bonchev–Trinajstić information content (AvgIpc) is 2.65. The Morgan fingerprint density at radius 2 is 1.95 bits per heavy atom. The minimum absolute atomic E-state index is 0.190. The van der Waals surface area contributed by atoms with Crippen molar-refractivity contribution in [2.75, 3.05) is 14.2 Å². The van der Waals surface area contributed by atoms with Gasteiger partial charge >= 0.3 is 0 Å². The van der Waals surface area contributed by atoms with E-state index < -0.39 is 5.97 Å². The quantitative estimate of drug-likeness (QED) is 0.825. The molecule has 0 aliphatic heterocycles. The first-order chi connectivity index (χ1) is 8.99. The highest BCUT2D eigenvalue weighted by Gasteiger charge is 2.16. The maximum atomic E-state index is 10.8. The number of benzene rings is 1. The molecule has 0 fully saturated rings. The van der Waals surface area contributed by atoms with Gasteiger partial charge in [0.05, 0.1) is 32.3 Å². The Bertz CT molecular complexity index is 643. The van der Waals surface area contributed by atoms with Crippen LogP contribution in [0.25, 0.3) is 10.9 Å². The molecule has 0 saturated heterocycles. The third-order valence-electron chi connectivity index (χ3n) is 3.28. The molecule has 5 heteroatoms. The van der Waals surface area contributed by atoms with Gasteiger partial charge in [-0.1, -0.05) is 0 Å². The van der Waals surface area contributed by atoms with Gasteiger partial charge in [0.15, 0.2) is 0 Å². The summed E-state index contributed by atoms with van der Waals surface area (Å²) in [5.74, 6) is 0.246. The van der Waals surface area contributed by atoms with Crippen LogP contribution >= 0.6 is 0 Å². The molecule has 1 aromatic heterocycles. The highest BCUT2D eigenvalue weighted by atomic mass is 16.5. The summed E-state index contributed by atoms with van der Waals surface area (Å²) >= 11 is 0. The Balaban J connectivity index is 2.79. The number of rotatable bonds is 4. The monoisotopic (exact) mass is 262 g/mol. The number of nitrogens with zero attached hydrogens (tertiary/aromatic N) is 1. The Kier molecular flexibility index (Phi) is 3.38. The molecule has 0 unspecified atom stereocenters. The van der Waals surface area contributed by atoms with E-state index in [0.29, 0.717) is 11.5 Å². The summed E-state index contributed by atoms with van der Waals surface area (Å²) in [5.41, 5.74) is 2.49. The third kappa shape index (κ3) is 2.12. The van der Waals surface area contributed by atoms with Crippen molar-refractivity contribution in [1.29, 1.82) is 0 Å². The van der Waals surface area contributed by atoms with Crippen molar-refractivity contribution < 1.29 is 19.4 Å². The van der Waals surface area contributed by atoms with Gasteiger partial charge in [-0.3, -0.25) is 0 Å². The largest absolute Gasteiger partial charge is 0.548 e. The Labute approximate surface area is 111 Å². The minimum atomic E-state index is -1.13. The van der Waals surface area contributed by atoms with E-state index in [-0.39, 0.29) is 6.54 Å². The number of ether oxygens (including phenoxy) is 2. The summed E-state index contributed by atoms with van der Waals surface area (Å²) in [4.78, 5) is 10.8.